The third kappa shape index (κ3) is 9.53. The molecule has 17 heteroatoms. The van der Waals surface area contributed by atoms with Gasteiger partial charge in [0.2, 0.25) is 0 Å². The maximum absolute atomic E-state index is 6.56. The first kappa shape index (κ1) is 49.8. The topological polar surface area (TPSA) is 57.4 Å². The summed E-state index contributed by atoms with van der Waals surface area (Å²) >= 11 is 0. The number of aromatic amines is 2. The molecule has 4 aromatic carbocycles. The smallest absolute Gasteiger partial charge is 0.354 e. The molecule has 4 nitrogen and oxygen atoms in total. The van der Waals surface area contributed by atoms with E-state index in [1.165, 1.54) is 0 Å². The summed E-state index contributed by atoms with van der Waals surface area (Å²) in [5, 5.41) is -1.95. The predicted molar refractivity (Wildman–Crippen MR) is 310 cm³/mol. The summed E-state index contributed by atoms with van der Waals surface area (Å²) in [6.07, 6.45) is 11.1. The molecule has 0 amide bonds. The van der Waals surface area contributed by atoms with Crippen LogP contribution in [0, 0.1) is 0 Å². The Morgan fingerprint density at radius 1 is 0.342 bits per heavy atom. The Balaban J connectivity index is 0.00000543. The van der Waals surface area contributed by atoms with Crippen molar-refractivity contribution in [2.24, 2.45) is 0 Å². The first-order chi connectivity index (χ1) is 34.6. The van der Waals surface area contributed by atoms with E-state index in [0.29, 0.717) is 25.7 Å². The van der Waals surface area contributed by atoms with Gasteiger partial charge in [0.05, 0.1) is 115 Å². The first-order valence-corrected chi connectivity index (χ1v) is 24.8. The number of nitrogens with one attached hydrogen (secondary N) is 2. The molecule has 4 fully saturated rings. The van der Waals surface area contributed by atoms with Crippen LogP contribution in [0.5, 0.6) is 0 Å². The Hall–Kier alpha value is -4.10. The SMILES string of the molecule is [B]C1[B]C1([B])Cc1ccc(-c2c3nc(c(-c4ccc(CC5([B])[B]C5[B])cc4)c4ccc([nH]4)c(-c4ccc(CC5([B])[B]C5[B])cc4)c4nc(c(-c5ccc(CC6([B])[B]C6[B])cc5)c5ccc2[nH]5)C=C4)C=C3)cc1.[K+]. The molecule has 8 atom stereocenters. The fourth-order valence-electron chi connectivity index (χ4n) is 10.8. The van der Waals surface area contributed by atoms with Gasteiger partial charge in [0.15, 0.2) is 0 Å². The molecule has 9 heterocycles. The number of hydrogen-bond donors (Lipinski definition) is 2. The number of aromatic nitrogens is 4. The molecule has 6 aliphatic heterocycles. The van der Waals surface area contributed by atoms with Gasteiger partial charge in [0.25, 0.3) is 0 Å². The van der Waals surface area contributed by atoms with E-state index < -0.39 is 20.9 Å². The summed E-state index contributed by atoms with van der Waals surface area (Å²) in [5.74, 6) is 0. The monoisotopic (exact) mass is 937 g/mol. The Morgan fingerprint density at radius 2 is 0.534 bits per heavy atom. The zero-order valence-electron chi connectivity index (χ0n) is 40.8. The van der Waals surface area contributed by atoms with E-state index in [0.717, 1.165) is 112 Å². The minimum absolute atomic E-state index is 0. The van der Waals surface area contributed by atoms with Crippen molar-refractivity contribution >= 4 is 138 Å². The maximum atomic E-state index is 6.56. The zero-order chi connectivity index (χ0) is 49.3. The van der Waals surface area contributed by atoms with E-state index in [2.05, 4.69) is 156 Å². The normalized spacial score (nSPS) is 26.6. The molecule has 73 heavy (non-hydrogen) atoms. The van der Waals surface area contributed by atoms with Gasteiger partial charge in [-0.2, -0.15) is 0 Å². The first-order valence-electron chi connectivity index (χ1n) is 24.8. The summed E-state index contributed by atoms with van der Waals surface area (Å²) in [5.41, 5.74) is 18.7. The van der Waals surface area contributed by atoms with E-state index in [-0.39, 0.29) is 74.3 Å². The van der Waals surface area contributed by atoms with Crippen molar-refractivity contribution in [3.8, 4) is 44.5 Å². The third-order valence-corrected chi connectivity index (χ3v) is 15.8. The van der Waals surface area contributed by atoms with Crippen LogP contribution in [-0.2, 0) is 25.7 Å². The average molecular weight is 936 g/mol. The second-order valence-electron chi connectivity index (χ2n) is 21.2. The van der Waals surface area contributed by atoms with Gasteiger partial charge in [-0.3, -0.25) is 0 Å². The fraction of sp³-hybridized carbons (Fsp3) is 0.214. The minimum Gasteiger partial charge on any atom is -0.354 e. The van der Waals surface area contributed by atoms with Gasteiger partial charge in [-0.15, -0.1) is 22.9 Å². The van der Waals surface area contributed by atoms with Gasteiger partial charge in [-0.05, 0) is 119 Å². The molecule has 4 saturated heterocycles. The molecule has 0 saturated carbocycles. The van der Waals surface area contributed by atoms with Gasteiger partial charge in [-0.25, -0.2) is 9.97 Å². The standard InChI is InChI=1S/C56H38B12N4.K/c57-49-53(61,65-49)25-29-1-9-33(10-2-29)45-37-17-19-39(69-37)46(34-11-3-30(4-12-34)26-54(62)50(58)66-54)41-21-23-43(71-41)48(36-15-7-32(8-16-36)28-56(64)52(60)68-56)44-24-22-42(72-44)47(40-20-18-38(45)70-40)35-13-5-31(6-14-35)27-55(63)51(59)67-55;/h1-24,49-52,69,72H,25-28H2;/q;+1. The molecule has 8 bridgehead atoms. The largest absolute Gasteiger partial charge is 1.00 e. The molecule has 20 radical (unpaired) electrons. The molecular formula is C56H38B12KN4+. The molecule has 6 aliphatic rings. The van der Waals surface area contributed by atoms with Crippen LogP contribution in [-0.4, -0.2) is 112 Å². The molecule has 7 aromatic rings. The van der Waals surface area contributed by atoms with E-state index in [4.69, 9.17) is 72.7 Å². The van der Waals surface area contributed by atoms with Crippen LogP contribution >= 0.6 is 0 Å². The quantitative estimate of drug-likeness (QED) is 0.144. The van der Waals surface area contributed by atoms with E-state index in [1.54, 1.807) is 0 Å². The Kier molecular flexibility index (Phi) is 12.7. The summed E-state index contributed by atoms with van der Waals surface area (Å²) in [4.78, 5) is 18.8. The van der Waals surface area contributed by atoms with E-state index in [9.17, 15) is 0 Å². The number of benzene rings is 4. The Labute approximate surface area is 484 Å². The predicted octanol–water partition coefficient (Wildman–Crippen LogP) is 6.17. The van der Waals surface area contributed by atoms with Crippen LogP contribution in [0.2, 0.25) is 43.7 Å². The molecule has 3 aromatic heterocycles. The number of H-pyrrole nitrogens is 2. The van der Waals surface area contributed by atoms with Crippen molar-refractivity contribution in [3.05, 3.63) is 166 Å². The van der Waals surface area contributed by atoms with E-state index in [1.807, 2.05) is 29.1 Å². The van der Waals surface area contributed by atoms with Crippen LogP contribution < -0.4 is 51.4 Å². The summed E-state index contributed by atoms with van der Waals surface area (Å²) in [6, 6.07) is 42.9. The van der Waals surface area contributed by atoms with Crippen molar-refractivity contribution in [1.82, 2.24) is 19.9 Å². The van der Waals surface area contributed by atoms with Gasteiger partial charge in [0.1, 0.15) is 0 Å². The summed E-state index contributed by atoms with van der Waals surface area (Å²) in [6.45, 7) is 0. The van der Waals surface area contributed by atoms with E-state index >= 15 is 0 Å². The van der Waals surface area contributed by atoms with Gasteiger partial charge in [-0.1, -0.05) is 118 Å². The average Bonchev–Trinajstić information content (AvgIpc) is 4.06. The van der Waals surface area contributed by atoms with Crippen molar-refractivity contribution in [3.63, 3.8) is 0 Å². The van der Waals surface area contributed by atoms with Crippen LogP contribution in [0.3, 0.4) is 0 Å². The second kappa shape index (κ2) is 18.6. The Bertz CT molecular complexity index is 3120. The van der Waals surface area contributed by atoms with Crippen LogP contribution in [0.4, 0.5) is 0 Å². The summed E-state index contributed by atoms with van der Waals surface area (Å²) in [7, 11) is 59.0. The Morgan fingerprint density at radius 3 is 0.712 bits per heavy atom. The number of nitrogens with zero attached hydrogens (tertiary/aromatic N) is 2. The molecule has 0 aliphatic carbocycles. The van der Waals surface area contributed by atoms with Crippen LogP contribution in [0.1, 0.15) is 45.0 Å². The fourth-order valence-corrected chi connectivity index (χ4v) is 10.8. The number of fused-ring (bicyclic) bond motifs is 8. The molecule has 2 N–H and O–H groups in total. The number of hydrogen-bond acceptors (Lipinski definition) is 2. The molecule has 0 spiro atoms. The maximum Gasteiger partial charge on any atom is 1.00 e. The zero-order valence-corrected chi connectivity index (χ0v) is 43.9. The van der Waals surface area contributed by atoms with Crippen molar-refractivity contribution in [1.29, 1.82) is 0 Å². The van der Waals surface area contributed by atoms with Crippen molar-refractivity contribution < 1.29 is 51.4 Å². The minimum atomic E-state index is -0.487. The molecule has 318 valence electrons. The van der Waals surface area contributed by atoms with Gasteiger partial charge < -0.3 is 9.97 Å². The number of rotatable bonds is 12. The molecular weight excluding hydrogens is 897 g/mol. The van der Waals surface area contributed by atoms with Crippen molar-refractivity contribution in [2.75, 3.05) is 0 Å². The summed E-state index contributed by atoms with van der Waals surface area (Å²) < 4.78 is 0. The van der Waals surface area contributed by atoms with Crippen LogP contribution in [0.25, 0.3) is 90.9 Å². The second-order valence-corrected chi connectivity index (χ2v) is 21.2. The van der Waals surface area contributed by atoms with Gasteiger partial charge in [0, 0.05) is 44.3 Å². The molecule has 8 unspecified atom stereocenters. The van der Waals surface area contributed by atoms with Crippen LogP contribution in [0.15, 0.2) is 121 Å². The molecule has 13 rings (SSSR count). The van der Waals surface area contributed by atoms with Crippen molar-refractivity contribution in [2.45, 2.75) is 69.4 Å². The third-order valence-electron chi connectivity index (χ3n) is 15.8. The van der Waals surface area contributed by atoms with Gasteiger partial charge >= 0.3 is 51.4 Å².